The van der Waals surface area contributed by atoms with E-state index in [2.05, 4.69) is 5.16 Å². The lowest BCUT2D eigenvalue weighted by Gasteiger charge is -2.12. The standard InChI is InChI=1S/C22H21FN4O5S/c1-14(24-32-13-15-7-5-4-6-8-15)12-31-19(28)16-9-10-17(23)18(11-16)27-20(29)25(2)22(33)26(3)21(27)30/h4-11H,12-13H2,1-3H3. The largest absolute Gasteiger partial charge is 0.456 e. The van der Waals surface area contributed by atoms with E-state index >= 15 is 0 Å². The SMILES string of the molecule is CC(COC(=O)c1ccc(F)c(-n2c(=O)n(C)c(=S)n(C)c2=O)c1)=NOCc1ccccc1. The van der Waals surface area contributed by atoms with Crippen LogP contribution in [-0.2, 0) is 30.3 Å². The number of ether oxygens (including phenoxy) is 1. The molecule has 11 heteroatoms. The normalized spacial score (nSPS) is 11.3. The first-order valence-corrected chi connectivity index (χ1v) is 10.2. The molecular weight excluding hydrogens is 451 g/mol. The molecule has 0 aliphatic carbocycles. The van der Waals surface area contributed by atoms with Gasteiger partial charge in [-0.05, 0) is 42.9 Å². The number of carbonyl (C=O) groups excluding carboxylic acids is 1. The average Bonchev–Trinajstić information content (AvgIpc) is 2.82. The third-order valence-electron chi connectivity index (χ3n) is 4.66. The highest BCUT2D eigenvalue weighted by Crippen LogP contribution is 2.14. The summed E-state index contributed by atoms with van der Waals surface area (Å²) in [5.41, 5.74) is -0.790. The van der Waals surface area contributed by atoms with Gasteiger partial charge in [0.25, 0.3) is 0 Å². The van der Waals surface area contributed by atoms with Gasteiger partial charge in [0.15, 0.2) is 4.77 Å². The minimum atomic E-state index is -0.866. The lowest BCUT2D eigenvalue weighted by atomic mass is 10.2. The maximum Gasteiger partial charge on any atom is 0.338 e. The van der Waals surface area contributed by atoms with E-state index in [-0.39, 0.29) is 23.5 Å². The molecule has 1 aromatic heterocycles. The molecule has 0 aliphatic rings. The van der Waals surface area contributed by atoms with E-state index < -0.39 is 28.9 Å². The topological polar surface area (TPSA) is 96.8 Å². The Kier molecular flexibility index (Phi) is 7.34. The molecule has 172 valence electrons. The Labute approximate surface area is 192 Å². The van der Waals surface area contributed by atoms with Gasteiger partial charge in [0.05, 0.1) is 17.0 Å². The molecule has 33 heavy (non-hydrogen) atoms. The van der Waals surface area contributed by atoms with Crippen molar-refractivity contribution in [2.24, 2.45) is 19.3 Å². The van der Waals surface area contributed by atoms with Crippen molar-refractivity contribution in [3.05, 3.63) is 91.2 Å². The summed E-state index contributed by atoms with van der Waals surface area (Å²) in [6, 6.07) is 12.7. The highest BCUT2D eigenvalue weighted by molar-refractivity contribution is 7.71. The molecule has 9 nitrogen and oxygen atoms in total. The van der Waals surface area contributed by atoms with Gasteiger partial charge >= 0.3 is 17.3 Å². The molecule has 3 rings (SSSR count). The molecule has 1 heterocycles. The quantitative estimate of drug-likeness (QED) is 0.227. The van der Waals surface area contributed by atoms with E-state index in [1.54, 1.807) is 6.92 Å². The highest BCUT2D eigenvalue weighted by atomic mass is 32.1. The molecule has 0 fully saturated rings. The first kappa shape index (κ1) is 23.8. The summed E-state index contributed by atoms with van der Waals surface area (Å²) in [5.74, 6) is -1.65. The zero-order chi connectivity index (χ0) is 24.1. The molecule has 0 saturated carbocycles. The van der Waals surface area contributed by atoms with Crippen molar-refractivity contribution >= 4 is 23.9 Å². The van der Waals surface area contributed by atoms with Crippen LogP contribution in [0, 0.1) is 10.6 Å². The fourth-order valence-corrected chi connectivity index (χ4v) is 3.01. The molecule has 0 bridgehead atoms. The molecule has 0 N–H and O–H groups in total. The second kappa shape index (κ2) is 10.2. The van der Waals surface area contributed by atoms with Crippen molar-refractivity contribution in [2.45, 2.75) is 13.5 Å². The summed E-state index contributed by atoms with van der Waals surface area (Å²) >= 11 is 5.02. The summed E-state index contributed by atoms with van der Waals surface area (Å²) in [6.45, 7) is 1.72. The maximum absolute atomic E-state index is 14.5. The molecule has 2 aromatic carbocycles. The van der Waals surface area contributed by atoms with E-state index in [4.69, 9.17) is 21.8 Å². The number of halogens is 1. The Morgan fingerprint density at radius 2 is 1.70 bits per heavy atom. The fraction of sp³-hybridized carbons (Fsp3) is 0.227. The molecule has 0 atom stereocenters. The molecule has 0 saturated heterocycles. The lowest BCUT2D eigenvalue weighted by Crippen LogP contribution is -2.43. The van der Waals surface area contributed by atoms with Crippen LogP contribution in [0.25, 0.3) is 5.69 Å². The van der Waals surface area contributed by atoms with Gasteiger partial charge in [0.1, 0.15) is 19.0 Å². The van der Waals surface area contributed by atoms with Crippen molar-refractivity contribution in [1.82, 2.24) is 13.7 Å². The van der Waals surface area contributed by atoms with Gasteiger partial charge in [-0.2, -0.15) is 0 Å². The molecule has 0 radical (unpaired) electrons. The van der Waals surface area contributed by atoms with E-state index in [1.807, 2.05) is 30.3 Å². The van der Waals surface area contributed by atoms with Crippen molar-refractivity contribution in [3.8, 4) is 5.69 Å². The molecule has 0 aliphatic heterocycles. The molecule has 0 unspecified atom stereocenters. The zero-order valence-corrected chi connectivity index (χ0v) is 19.0. The van der Waals surface area contributed by atoms with Crippen molar-refractivity contribution in [2.75, 3.05) is 6.61 Å². The number of aromatic nitrogens is 3. The molecule has 0 amide bonds. The van der Waals surface area contributed by atoms with Crippen LogP contribution < -0.4 is 11.4 Å². The second-order valence-corrected chi connectivity index (χ2v) is 7.49. The summed E-state index contributed by atoms with van der Waals surface area (Å²) < 4.78 is 22.3. The van der Waals surface area contributed by atoms with Gasteiger partial charge in [-0.1, -0.05) is 35.5 Å². The summed E-state index contributed by atoms with van der Waals surface area (Å²) in [4.78, 5) is 42.8. The van der Waals surface area contributed by atoms with E-state index in [0.29, 0.717) is 10.3 Å². The number of benzene rings is 2. The van der Waals surface area contributed by atoms with Crippen LogP contribution in [0.1, 0.15) is 22.8 Å². The summed E-state index contributed by atoms with van der Waals surface area (Å²) in [5, 5.41) is 3.89. The predicted molar refractivity (Wildman–Crippen MR) is 122 cm³/mol. The van der Waals surface area contributed by atoms with Gasteiger partial charge in [-0.15, -0.1) is 0 Å². The van der Waals surface area contributed by atoms with Crippen molar-refractivity contribution < 1.29 is 18.8 Å². The Morgan fingerprint density at radius 1 is 1.06 bits per heavy atom. The van der Waals surface area contributed by atoms with Gasteiger partial charge in [0, 0.05) is 14.1 Å². The third-order valence-corrected chi connectivity index (χ3v) is 5.21. The third kappa shape index (κ3) is 5.32. The highest BCUT2D eigenvalue weighted by Gasteiger charge is 2.18. The summed E-state index contributed by atoms with van der Waals surface area (Å²) in [7, 11) is 2.72. The van der Waals surface area contributed by atoms with Crippen LogP contribution in [0.5, 0.6) is 0 Å². The monoisotopic (exact) mass is 472 g/mol. The summed E-state index contributed by atoms with van der Waals surface area (Å²) in [6.07, 6.45) is 0. The van der Waals surface area contributed by atoms with E-state index in [1.165, 1.54) is 20.2 Å². The number of hydrogen-bond donors (Lipinski definition) is 0. The smallest absolute Gasteiger partial charge is 0.338 e. The average molecular weight is 472 g/mol. The lowest BCUT2D eigenvalue weighted by molar-refractivity contribution is 0.0555. The van der Waals surface area contributed by atoms with Crippen LogP contribution >= 0.6 is 12.2 Å². The van der Waals surface area contributed by atoms with Crippen molar-refractivity contribution in [3.63, 3.8) is 0 Å². The van der Waals surface area contributed by atoms with Crippen molar-refractivity contribution in [1.29, 1.82) is 0 Å². The van der Waals surface area contributed by atoms with Gasteiger partial charge in [0.2, 0.25) is 0 Å². The number of oxime groups is 1. The fourth-order valence-electron chi connectivity index (χ4n) is 2.86. The van der Waals surface area contributed by atoms with Crippen LogP contribution in [0.4, 0.5) is 4.39 Å². The van der Waals surface area contributed by atoms with Crippen LogP contribution in [0.3, 0.4) is 0 Å². The Balaban J connectivity index is 1.77. The number of nitrogens with zero attached hydrogens (tertiary/aromatic N) is 4. The second-order valence-electron chi connectivity index (χ2n) is 7.13. The van der Waals surface area contributed by atoms with Crippen LogP contribution in [0.15, 0.2) is 63.3 Å². The number of rotatable bonds is 7. The number of carbonyl (C=O) groups is 1. The Hall–Kier alpha value is -3.86. The zero-order valence-electron chi connectivity index (χ0n) is 18.1. The first-order valence-electron chi connectivity index (χ1n) is 9.76. The van der Waals surface area contributed by atoms with E-state index in [9.17, 15) is 18.8 Å². The molecule has 0 spiro atoms. The minimum Gasteiger partial charge on any atom is -0.456 e. The van der Waals surface area contributed by atoms with E-state index in [0.717, 1.165) is 26.8 Å². The number of hydrogen-bond acceptors (Lipinski definition) is 7. The Morgan fingerprint density at radius 3 is 2.33 bits per heavy atom. The number of esters is 1. The predicted octanol–water partition coefficient (Wildman–Crippen LogP) is 2.49. The first-order chi connectivity index (χ1) is 15.7. The van der Waals surface area contributed by atoms with Crippen LogP contribution in [-0.4, -0.2) is 32.0 Å². The minimum absolute atomic E-state index is 0.0264. The molecule has 3 aromatic rings. The van der Waals surface area contributed by atoms with Gasteiger partial charge in [-0.3, -0.25) is 9.13 Å². The molecular formula is C22H21FN4O5S. The maximum atomic E-state index is 14.5. The van der Waals surface area contributed by atoms with Crippen LogP contribution in [0.2, 0.25) is 0 Å². The van der Waals surface area contributed by atoms with Gasteiger partial charge < -0.3 is 9.57 Å². The Bertz CT molecular complexity index is 1350. The van der Waals surface area contributed by atoms with Gasteiger partial charge in [-0.25, -0.2) is 23.3 Å².